The van der Waals surface area contributed by atoms with Gasteiger partial charge in [0.25, 0.3) is 5.91 Å². The molecule has 0 aromatic heterocycles. The maximum absolute atomic E-state index is 12.0. The molecule has 2 rings (SSSR count). The highest BCUT2D eigenvalue weighted by molar-refractivity contribution is 5.93. The number of carbonyl (C=O) groups is 1. The number of carbonyl (C=O) groups excluding carboxylic acids is 1. The average molecular weight is 321 g/mol. The van der Waals surface area contributed by atoms with Gasteiger partial charge >= 0.3 is 0 Å². The molecule has 0 radical (unpaired) electrons. The second kappa shape index (κ2) is 9.53. The molecule has 0 spiro atoms. The van der Waals surface area contributed by atoms with Crippen LogP contribution in [0.2, 0.25) is 0 Å². The fourth-order valence-corrected chi connectivity index (χ4v) is 2.56. The van der Waals surface area contributed by atoms with Gasteiger partial charge in [0, 0.05) is 12.3 Å². The van der Waals surface area contributed by atoms with Gasteiger partial charge in [-0.15, -0.1) is 0 Å². The van der Waals surface area contributed by atoms with E-state index in [-0.39, 0.29) is 5.91 Å². The summed E-state index contributed by atoms with van der Waals surface area (Å²) in [6.45, 7) is 5.23. The predicted octanol–water partition coefficient (Wildman–Crippen LogP) is 3.39. The highest BCUT2D eigenvalue weighted by Crippen LogP contribution is 2.25. The number of hydrogen-bond acceptors (Lipinski definition) is 4. The van der Waals surface area contributed by atoms with Crippen LogP contribution in [0.25, 0.3) is 0 Å². The Labute approximate surface area is 138 Å². The topological polar surface area (TPSA) is 56.8 Å². The molecule has 23 heavy (non-hydrogen) atoms. The van der Waals surface area contributed by atoms with E-state index in [0.717, 1.165) is 24.3 Å². The Morgan fingerprint density at radius 3 is 2.57 bits per heavy atom. The molecule has 1 aliphatic carbocycles. The second-order valence-electron chi connectivity index (χ2n) is 5.75. The lowest BCUT2D eigenvalue weighted by Crippen LogP contribution is -2.28. The van der Waals surface area contributed by atoms with Crippen molar-refractivity contribution >= 4 is 11.6 Å². The van der Waals surface area contributed by atoms with Gasteiger partial charge in [-0.2, -0.15) is 0 Å². The quantitative estimate of drug-likeness (QED) is 0.708. The molecule has 1 aromatic carbocycles. The first kappa shape index (κ1) is 17.8. The van der Waals surface area contributed by atoms with E-state index in [4.69, 9.17) is 14.2 Å². The Kier molecular flexibility index (Phi) is 7.36. The number of amides is 1. The number of rotatable bonds is 9. The second-order valence-corrected chi connectivity index (χ2v) is 5.75. The molecule has 0 bridgehead atoms. The summed E-state index contributed by atoms with van der Waals surface area (Å²) in [4.78, 5) is 12.0. The van der Waals surface area contributed by atoms with Gasteiger partial charge in [-0.25, -0.2) is 0 Å². The lowest BCUT2D eigenvalue weighted by atomic mass is 10.2. The Balaban J connectivity index is 1.74. The Morgan fingerprint density at radius 2 is 1.91 bits per heavy atom. The van der Waals surface area contributed by atoms with E-state index in [1.54, 1.807) is 6.92 Å². The number of anilines is 1. The van der Waals surface area contributed by atoms with Crippen LogP contribution in [-0.2, 0) is 14.3 Å². The van der Waals surface area contributed by atoms with Crippen molar-refractivity contribution in [1.29, 1.82) is 0 Å². The summed E-state index contributed by atoms with van der Waals surface area (Å²) in [5.41, 5.74) is 0.744. The van der Waals surface area contributed by atoms with Crippen LogP contribution < -0.4 is 10.1 Å². The molecule has 1 fully saturated rings. The number of nitrogens with one attached hydrogen (secondary N) is 1. The van der Waals surface area contributed by atoms with Crippen LogP contribution in [-0.4, -0.2) is 37.9 Å². The van der Waals surface area contributed by atoms with Gasteiger partial charge in [0.05, 0.1) is 19.3 Å². The molecular weight excluding hydrogens is 294 g/mol. The van der Waals surface area contributed by atoms with E-state index < -0.39 is 6.10 Å². The van der Waals surface area contributed by atoms with Crippen molar-refractivity contribution < 1.29 is 19.0 Å². The van der Waals surface area contributed by atoms with Crippen molar-refractivity contribution in [2.24, 2.45) is 0 Å². The van der Waals surface area contributed by atoms with Crippen molar-refractivity contribution in [3.05, 3.63) is 24.3 Å². The van der Waals surface area contributed by atoms with Crippen LogP contribution in [0.3, 0.4) is 0 Å². The number of ether oxygens (including phenoxy) is 3. The molecule has 0 saturated heterocycles. The monoisotopic (exact) mass is 321 g/mol. The SMILES string of the molecule is CCOCCOC(C)C(=O)Nc1ccc(OC2CCCC2)cc1. The Hall–Kier alpha value is -1.59. The maximum Gasteiger partial charge on any atom is 0.253 e. The molecule has 0 aliphatic heterocycles. The minimum Gasteiger partial charge on any atom is -0.490 e. The van der Waals surface area contributed by atoms with E-state index in [1.807, 2.05) is 31.2 Å². The normalized spacial score (nSPS) is 16.3. The van der Waals surface area contributed by atoms with Gasteiger partial charge in [-0.05, 0) is 63.8 Å². The van der Waals surface area contributed by atoms with E-state index >= 15 is 0 Å². The largest absolute Gasteiger partial charge is 0.490 e. The first-order valence-corrected chi connectivity index (χ1v) is 8.46. The average Bonchev–Trinajstić information content (AvgIpc) is 3.06. The summed E-state index contributed by atoms with van der Waals surface area (Å²) in [7, 11) is 0. The molecule has 1 atom stereocenters. The zero-order chi connectivity index (χ0) is 16.5. The molecule has 1 aromatic rings. The van der Waals surface area contributed by atoms with Crippen LogP contribution >= 0.6 is 0 Å². The van der Waals surface area contributed by atoms with E-state index in [1.165, 1.54) is 12.8 Å². The lowest BCUT2D eigenvalue weighted by molar-refractivity contribution is -0.127. The molecular formula is C18H27NO4. The zero-order valence-corrected chi connectivity index (χ0v) is 14.0. The summed E-state index contributed by atoms with van der Waals surface area (Å²) in [6, 6.07) is 7.51. The van der Waals surface area contributed by atoms with Gasteiger partial charge in [0.15, 0.2) is 0 Å². The molecule has 128 valence electrons. The molecule has 0 heterocycles. The van der Waals surface area contributed by atoms with Crippen molar-refractivity contribution in [3.8, 4) is 5.75 Å². The fourth-order valence-electron chi connectivity index (χ4n) is 2.56. The maximum atomic E-state index is 12.0. The zero-order valence-electron chi connectivity index (χ0n) is 14.0. The highest BCUT2D eigenvalue weighted by atomic mass is 16.5. The van der Waals surface area contributed by atoms with Gasteiger partial charge in [0.1, 0.15) is 11.9 Å². The van der Waals surface area contributed by atoms with Gasteiger partial charge in [0.2, 0.25) is 0 Å². The predicted molar refractivity (Wildman–Crippen MR) is 89.9 cm³/mol. The van der Waals surface area contributed by atoms with Gasteiger partial charge in [-0.1, -0.05) is 0 Å². The van der Waals surface area contributed by atoms with E-state index in [0.29, 0.717) is 25.9 Å². The number of benzene rings is 1. The summed E-state index contributed by atoms with van der Waals surface area (Å²) in [6.07, 6.45) is 4.60. The third-order valence-electron chi connectivity index (χ3n) is 3.90. The van der Waals surface area contributed by atoms with Gasteiger partial charge in [-0.3, -0.25) is 4.79 Å². The molecule has 1 amide bonds. The first-order chi connectivity index (χ1) is 11.2. The molecule has 1 unspecified atom stereocenters. The third kappa shape index (κ3) is 6.20. The highest BCUT2D eigenvalue weighted by Gasteiger charge is 2.17. The van der Waals surface area contributed by atoms with Crippen LogP contribution in [0.15, 0.2) is 24.3 Å². The summed E-state index contributed by atoms with van der Waals surface area (Å²) in [5.74, 6) is 0.696. The van der Waals surface area contributed by atoms with Crippen molar-refractivity contribution in [1.82, 2.24) is 0 Å². The number of hydrogen-bond donors (Lipinski definition) is 1. The van der Waals surface area contributed by atoms with E-state index in [9.17, 15) is 4.79 Å². The molecule has 5 nitrogen and oxygen atoms in total. The van der Waals surface area contributed by atoms with Crippen LogP contribution in [0, 0.1) is 0 Å². The molecule has 1 N–H and O–H groups in total. The Bertz CT molecular complexity index is 468. The van der Waals surface area contributed by atoms with Gasteiger partial charge < -0.3 is 19.5 Å². The fraction of sp³-hybridized carbons (Fsp3) is 0.611. The smallest absolute Gasteiger partial charge is 0.253 e. The van der Waals surface area contributed by atoms with E-state index in [2.05, 4.69) is 5.32 Å². The van der Waals surface area contributed by atoms with Crippen LogP contribution in [0.4, 0.5) is 5.69 Å². The van der Waals surface area contributed by atoms with Crippen molar-refractivity contribution in [2.75, 3.05) is 25.1 Å². The van der Waals surface area contributed by atoms with Crippen LogP contribution in [0.5, 0.6) is 5.75 Å². The first-order valence-electron chi connectivity index (χ1n) is 8.46. The standard InChI is InChI=1S/C18H27NO4/c1-3-21-12-13-22-14(2)18(20)19-15-8-10-17(11-9-15)23-16-6-4-5-7-16/h8-11,14,16H,3-7,12-13H2,1-2H3,(H,19,20). The molecule has 1 saturated carbocycles. The summed E-state index contributed by atoms with van der Waals surface area (Å²) < 4.78 is 16.5. The third-order valence-corrected chi connectivity index (χ3v) is 3.90. The van der Waals surface area contributed by atoms with Crippen LogP contribution in [0.1, 0.15) is 39.5 Å². The summed E-state index contributed by atoms with van der Waals surface area (Å²) >= 11 is 0. The molecule has 1 aliphatic rings. The minimum atomic E-state index is -0.509. The minimum absolute atomic E-state index is 0.161. The van der Waals surface area contributed by atoms with Crippen molar-refractivity contribution in [3.63, 3.8) is 0 Å². The Morgan fingerprint density at radius 1 is 1.22 bits per heavy atom. The molecule has 5 heteroatoms. The van der Waals surface area contributed by atoms with Crippen molar-refractivity contribution in [2.45, 2.75) is 51.7 Å². The lowest BCUT2D eigenvalue weighted by Gasteiger charge is -2.15. The summed E-state index contributed by atoms with van der Waals surface area (Å²) in [5, 5.41) is 2.84.